The minimum atomic E-state index is -4.66. The van der Waals surface area contributed by atoms with Gasteiger partial charge in [-0.3, -0.25) is 18.4 Å². The number of imidazole rings is 1. The molecule has 1 aromatic carbocycles. The SMILES string of the molecule is C[C@H]1CCCN(Cc2cc(C(F)(F)F)c3cn(-c4cccc([C@H](c5nncn5C(F)F)C5CCC5)c4)c(=O)n3c2)C1. The maximum Gasteiger partial charge on any atom is 0.418 e. The smallest absolute Gasteiger partial charge is 0.299 e. The summed E-state index contributed by atoms with van der Waals surface area (Å²) in [5.74, 6) is 0.169. The molecule has 0 unspecified atom stereocenters. The van der Waals surface area contributed by atoms with Gasteiger partial charge in [-0.25, -0.2) is 4.79 Å². The zero-order valence-corrected chi connectivity index (χ0v) is 22.6. The van der Waals surface area contributed by atoms with Gasteiger partial charge in [0.1, 0.15) is 12.2 Å². The molecular formula is C29H31F5N6O. The van der Waals surface area contributed by atoms with E-state index >= 15 is 0 Å². The first-order valence-electron chi connectivity index (χ1n) is 13.9. The van der Waals surface area contributed by atoms with Gasteiger partial charge in [0, 0.05) is 31.4 Å². The van der Waals surface area contributed by atoms with Crippen molar-refractivity contribution in [2.75, 3.05) is 13.1 Å². The van der Waals surface area contributed by atoms with Gasteiger partial charge in [-0.15, -0.1) is 10.2 Å². The highest BCUT2D eigenvalue weighted by Crippen LogP contribution is 2.43. The average molecular weight is 575 g/mol. The number of nitrogens with zero attached hydrogens (tertiary/aromatic N) is 6. The van der Waals surface area contributed by atoms with Crippen molar-refractivity contribution in [3.8, 4) is 5.69 Å². The van der Waals surface area contributed by atoms with Crippen molar-refractivity contribution in [1.29, 1.82) is 0 Å². The van der Waals surface area contributed by atoms with Crippen LogP contribution in [-0.4, -0.2) is 41.7 Å². The van der Waals surface area contributed by atoms with E-state index < -0.39 is 29.9 Å². The Hall–Kier alpha value is -3.54. The third-order valence-electron chi connectivity index (χ3n) is 8.49. The highest BCUT2D eigenvalue weighted by atomic mass is 19.4. The lowest BCUT2D eigenvalue weighted by molar-refractivity contribution is -0.136. The first kappa shape index (κ1) is 27.6. The molecule has 41 heavy (non-hydrogen) atoms. The molecule has 1 aliphatic carbocycles. The molecule has 0 N–H and O–H groups in total. The second-order valence-corrected chi connectivity index (χ2v) is 11.4. The van der Waals surface area contributed by atoms with Gasteiger partial charge in [-0.05, 0) is 73.4 Å². The van der Waals surface area contributed by atoms with Crippen molar-refractivity contribution < 1.29 is 22.0 Å². The fraction of sp³-hybridized carbons (Fsp3) is 0.483. The number of hydrogen-bond donors (Lipinski definition) is 0. The van der Waals surface area contributed by atoms with Crippen LogP contribution in [0.4, 0.5) is 22.0 Å². The van der Waals surface area contributed by atoms with Crippen LogP contribution in [0.15, 0.2) is 53.8 Å². The van der Waals surface area contributed by atoms with Crippen molar-refractivity contribution in [3.63, 3.8) is 0 Å². The van der Waals surface area contributed by atoms with Crippen molar-refractivity contribution in [1.82, 2.24) is 28.6 Å². The van der Waals surface area contributed by atoms with E-state index in [0.717, 1.165) is 66.6 Å². The summed E-state index contributed by atoms with van der Waals surface area (Å²) in [6.07, 6.45) is 3.74. The lowest BCUT2D eigenvalue weighted by Gasteiger charge is -2.33. The van der Waals surface area contributed by atoms with E-state index in [1.807, 2.05) is 0 Å². The molecule has 2 aliphatic rings. The lowest BCUT2D eigenvalue weighted by atomic mass is 9.72. The fourth-order valence-corrected chi connectivity index (χ4v) is 6.33. The number of aromatic nitrogens is 5. The van der Waals surface area contributed by atoms with E-state index in [1.165, 1.54) is 17.0 Å². The average Bonchev–Trinajstić information content (AvgIpc) is 3.50. The first-order valence-corrected chi connectivity index (χ1v) is 13.9. The normalized spacial score (nSPS) is 19.6. The lowest BCUT2D eigenvalue weighted by Crippen LogP contribution is -2.34. The summed E-state index contributed by atoms with van der Waals surface area (Å²) in [5, 5.41) is 7.71. The molecule has 12 heteroatoms. The number of piperidine rings is 1. The number of hydrogen-bond acceptors (Lipinski definition) is 4. The van der Waals surface area contributed by atoms with Crippen molar-refractivity contribution >= 4 is 5.52 Å². The minimum Gasteiger partial charge on any atom is -0.299 e. The molecule has 1 aliphatic heterocycles. The number of fused-ring (bicyclic) bond motifs is 1. The molecule has 218 valence electrons. The van der Waals surface area contributed by atoms with Crippen LogP contribution in [0.25, 0.3) is 11.2 Å². The van der Waals surface area contributed by atoms with E-state index in [4.69, 9.17) is 0 Å². The number of halogens is 5. The fourth-order valence-electron chi connectivity index (χ4n) is 6.33. The van der Waals surface area contributed by atoms with Crippen molar-refractivity contribution in [2.24, 2.45) is 11.8 Å². The second kappa shape index (κ2) is 10.7. The molecule has 1 saturated carbocycles. The molecule has 0 radical (unpaired) electrons. The maximum atomic E-state index is 14.2. The Kier molecular flexibility index (Phi) is 7.21. The topological polar surface area (TPSA) is 60.4 Å². The van der Waals surface area contributed by atoms with E-state index in [9.17, 15) is 26.7 Å². The van der Waals surface area contributed by atoms with Crippen LogP contribution in [0.5, 0.6) is 0 Å². The van der Waals surface area contributed by atoms with Crippen molar-refractivity contribution in [2.45, 2.75) is 64.2 Å². The van der Waals surface area contributed by atoms with Gasteiger partial charge in [0.15, 0.2) is 0 Å². The zero-order valence-electron chi connectivity index (χ0n) is 22.6. The number of rotatable bonds is 7. The molecule has 2 fully saturated rings. The Balaban J connectivity index is 1.42. The zero-order chi connectivity index (χ0) is 28.9. The highest BCUT2D eigenvalue weighted by Gasteiger charge is 2.36. The number of pyridine rings is 1. The molecule has 0 bridgehead atoms. The van der Waals surface area contributed by atoms with Crippen LogP contribution in [0, 0.1) is 11.8 Å². The van der Waals surface area contributed by atoms with Crippen molar-refractivity contribution in [3.05, 3.63) is 82.1 Å². The van der Waals surface area contributed by atoms with Gasteiger partial charge < -0.3 is 0 Å². The van der Waals surface area contributed by atoms with Gasteiger partial charge in [0.05, 0.1) is 16.8 Å². The van der Waals surface area contributed by atoms with Crippen LogP contribution >= 0.6 is 0 Å². The summed E-state index contributed by atoms with van der Waals surface area (Å²) < 4.78 is 73.1. The van der Waals surface area contributed by atoms with Crippen LogP contribution in [0.2, 0.25) is 0 Å². The third-order valence-corrected chi connectivity index (χ3v) is 8.49. The Morgan fingerprint density at radius 1 is 1.07 bits per heavy atom. The summed E-state index contributed by atoms with van der Waals surface area (Å²) in [5.41, 5.74) is -0.319. The standard InChI is InChI=1S/C29H31F5N6O/c1-18-5-4-10-37(13-18)14-19-11-23(29(32,33)34)24-16-38(28(41)39(24)15-19)22-9-3-8-21(12-22)25(20-6-2-7-20)26-36-35-17-40(26)27(30)31/h3,8-9,11-12,15-18,20,25,27H,2,4-7,10,13-14H2,1H3/t18-,25+/m0/s1. The Labute approximate surface area is 233 Å². The van der Waals surface area contributed by atoms with Crippen LogP contribution in [0.3, 0.4) is 0 Å². The molecule has 4 aromatic rings. The van der Waals surface area contributed by atoms with E-state index in [-0.39, 0.29) is 17.3 Å². The van der Waals surface area contributed by atoms with Gasteiger partial charge in [0.2, 0.25) is 0 Å². The van der Waals surface area contributed by atoms with Gasteiger partial charge >= 0.3 is 18.4 Å². The third kappa shape index (κ3) is 5.29. The second-order valence-electron chi connectivity index (χ2n) is 11.4. The molecule has 3 aromatic heterocycles. The summed E-state index contributed by atoms with van der Waals surface area (Å²) in [6, 6.07) is 7.90. The summed E-state index contributed by atoms with van der Waals surface area (Å²) in [6.45, 7) is 1.23. The minimum absolute atomic E-state index is 0.0636. The molecule has 0 amide bonds. The maximum absolute atomic E-state index is 14.2. The first-order chi connectivity index (χ1) is 19.6. The highest BCUT2D eigenvalue weighted by molar-refractivity contribution is 5.58. The molecule has 0 spiro atoms. The molecule has 2 atom stereocenters. The summed E-state index contributed by atoms with van der Waals surface area (Å²) >= 11 is 0. The number of benzene rings is 1. The van der Waals surface area contributed by atoms with Crippen LogP contribution in [0.1, 0.15) is 74.0 Å². The molecular weight excluding hydrogens is 543 g/mol. The monoisotopic (exact) mass is 574 g/mol. The predicted molar refractivity (Wildman–Crippen MR) is 142 cm³/mol. The van der Waals surface area contributed by atoms with E-state index in [1.54, 1.807) is 24.3 Å². The summed E-state index contributed by atoms with van der Waals surface area (Å²) in [7, 11) is 0. The Bertz CT molecular complexity index is 1600. The van der Waals surface area contributed by atoms with Gasteiger partial charge in [-0.1, -0.05) is 25.5 Å². The van der Waals surface area contributed by atoms with E-state index in [2.05, 4.69) is 22.0 Å². The van der Waals surface area contributed by atoms with Gasteiger partial charge in [-0.2, -0.15) is 22.0 Å². The molecule has 7 nitrogen and oxygen atoms in total. The number of alkyl halides is 5. The molecule has 6 rings (SSSR count). The van der Waals surface area contributed by atoms with Crippen LogP contribution in [-0.2, 0) is 12.7 Å². The predicted octanol–water partition coefficient (Wildman–Crippen LogP) is 6.26. The molecule has 4 heterocycles. The Morgan fingerprint density at radius 3 is 2.56 bits per heavy atom. The van der Waals surface area contributed by atoms with E-state index in [0.29, 0.717) is 29.3 Å². The van der Waals surface area contributed by atoms with Gasteiger partial charge in [0.25, 0.3) is 0 Å². The van der Waals surface area contributed by atoms with Crippen LogP contribution < -0.4 is 5.69 Å². The largest absolute Gasteiger partial charge is 0.418 e. The quantitative estimate of drug-likeness (QED) is 0.245. The Morgan fingerprint density at radius 2 is 1.88 bits per heavy atom. The molecule has 1 saturated heterocycles. The number of likely N-dealkylation sites (tertiary alicyclic amines) is 1. The summed E-state index contributed by atoms with van der Waals surface area (Å²) in [4.78, 5) is 15.7.